The van der Waals surface area contributed by atoms with E-state index in [0.29, 0.717) is 36.8 Å². The summed E-state index contributed by atoms with van der Waals surface area (Å²) < 4.78 is 131. The number of ether oxygens (including phenoxy) is 4. The molecule has 1 saturated heterocycles. The van der Waals surface area contributed by atoms with Crippen LogP contribution in [0.3, 0.4) is 0 Å². The first kappa shape index (κ1) is 34.2. The van der Waals surface area contributed by atoms with Crippen LogP contribution >= 0.6 is 0 Å². The molecule has 250 valence electrons. The summed E-state index contributed by atoms with van der Waals surface area (Å²) in [7, 11) is 0. The number of benzene rings is 4. The van der Waals surface area contributed by atoms with Crippen LogP contribution in [-0.4, -0.2) is 19.6 Å². The quantitative estimate of drug-likeness (QED) is 0.118. The van der Waals surface area contributed by atoms with Crippen LogP contribution < -0.4 is 9.47 Å². The Morgan fingerprint density at radius 3 is 1.85 bits per heavy atom. The largest absolute Gasteiger partial charge is 0.573 e. The Kier molecular flexibility index (Phi) is 10.4. The predicted octanol–water partition coefficient (Wildman–Crippen LogP) is 10.7. The first-order valence-corrected chi connectivity index (χ1v) is 14.9. The topological polar surface area (TPSA) is 36.9 Å². The van der Waals surface area contributed by atoms with Gasteiger partial charge in [0.2, 0.25) is 0 Å². The van der Waals surface area contributed by atoms with Crippen LogP contribution in [0.4, 0.5) is 35.1 Å². The summed E-state index contributed by atoms with van der Waals surface area (Å²) in [6.07, 6.45) is -5.24. The summed E-state index contributed by atoms with van der Waals surface area (Å²) in [5.41, 5.74) is -0.296. The van der Waals surface area contributed by atoms with Crippen LogP contribution in [-0.2, 0) is 15.6 Å². The van der Waals surface area contributed by atoms with Gasteiger partial charge in [-0.3, -0.25) is 0 Å². The van der Waals surface area contributed by atoms with Gasteiger partial charge in [0.25, 0.3) is 0 Å². The minimum atomic E-state index is -5.11. The van der Waals surface area contributed by atoms with E-state index in [2.05, 4.69) is 11.7 Å². The van der Waals surface area contributed by atoms with E-state index in [1.54, 1.807) is 0 Å². The first-order valence-electron chi connectivity index (χ1n) is 14.9. The third-order valence-corrected chi connectivity index (χ3v) is 7.64. The van der Waals surface area contributed by atoms with Crippen molar-refractivity contribution in [3.8, 4) is 33.8 Å². The normalized spacial score (nSPS) is 17.0. The van der Waals surface area contributed by atoms with E-state index in [0.717, 1.165) is 56.0 Å². The molecule has 4 aromatic carbocycles. The van der Waals surface area contributed by atoms with Crippen molar-refractivity contribution < 1.29 is 54.1 Å². The molecule has 0 aliphatic carbocycles. The molecule has 0 saturated carbocycles. The van der Waals surface area contributed by atoms with Crippen molar-refractivity contribution in [2.24, 2.45) is 5.92 Å². The van der Waals surface area contributed by atoms with Gasteiger partial charge in [-0.2, -0.15) is 8.78 Å². The predicted molar refractivity (Wildman–Crippen MR) is 157 cm³/mol. The molecule has 0 radical (unpaired) electrons. The Hall–Kier alpha value is -4.16. The maximum Gasteiger partial charge on any atom is 0.573 e. The lowest BCUT2D eigenvalue weighted by molar-refractivity contribution is -0.275. The Labute approximate surface area is 265 Å². The van der Waals surface area contributed by atoms with E-state index in [-0.39, 0.29) is 22.3 Å². The Morgan fingerprint density at radius 1 is 0.681 bits per heavy atom. The van der Waals surface area contributed by atoms with Crippen molar-refractivity contribution >= 4 is 0 Å². The summed E-state index contributed by atoms with van der Waals surface area (Å²) in [6, 6.07) is 14.0. The fraction of sp³-hybridized carbons (Fsp3) is 0.314. The summed E-state index contributed by atoms with van der Waals surface area (Å²) in [4.78, 5) is 0. The lowest BCUT2D eigenvalue weighted by Crippen LogP contribution is -2.27. The second-order valence-electron chi connectivity index (χ2n) is 11.1. The van der Waals surface area contributed by atoms with Crippen molar-refractivity contribution in [2.45, 2.75) is 51.4 Å². The van der Waals surface area contributed by atoms with Crippen molar-refractivity contribution in [3.63, 3.8) is 0 Å². The highest BCUT2D eigenvalue weighted by molar-refractivity contribution is 5.72. The van der Waals surface area contributed by atoms with E-state index in [1.807, 2.05) is 0 Å². The van der Waals surface area contributed by atoms with E-state index in [4.69, 9.17) is 14.2 Å². The number of alkyl halides is 5. The van der Waals surface area contributed by atoms with Crippen LogP contribution in [0.2, 0.25) is 0 Å². The van der Waals surface area contributed by atoms with Gasteiger partial charge in [-0.25, -0.2) is 13.2 Å². The van der Waals surface area contributed by atoms with Gasteiger partial charge in [-0.05, 0) is 60.0 Å². The first-order chi connectivity index (χ1) is 22.3. The fourth-order valence-corrected chi connectivity index (χ4v) is 5.21. The lowest BCUT2D eigenvalue weighted by Gasteiger charge is -2.30. The maximum absolute atomic E-state index is 15.0. The van der Waals surface area contributed by atoms with Crippen LogP contribution in [0.5, 0.6) is 11.5 Å². The van der Waals surface area contributed by atoms with Crippen LogP contribution in [0, 0.1) is 23.4 Å². The average Bonchev–Trinajstić information content (AvgIpc) is 3.02. The smallest absolute Gasteiger partial charge is 0.429 e. The SMILES string of the molecule is CCCCCC1COC(c2ccc(C(F)(F)Oc3ccc(-c4ccc(-c5ccc(OC(F)(F)F)c(F)c5)c(F)c4)c(F)c3)cc2)OC1. The zero-order valence-corrected chi connectivity index (χ0v) is 25.1. The standard InChI is InChI=1S/C35H30F8O4/c1-2-3-4-5-21-19-44-33(45-20-21)22-6-10-25(11-7-22)34(39,40)46-26-12-14-28(30(37)18-26)23-8-13-27(29(36)16-23)24-9-15-32(31(38)17-24)47-35(41,42)43/h6-18,21,33H,2-5,19-20H2,1H3. The monoisotopic (exact) mass is 666 g/mol. The zero-order chi connectivity index (χ0) is 33.8. The third kappa shape index (κ3) is 8.61. The molecule has 1 aliphatic heterocycles. The molecule has 0 unspecified atom stereocenters. The molecule has 0 bridgehead atoms. The number of rotatable bonds is 11. The second-order valence-corrected chi connectivity index (χ2v) is 11.1. The zero-order valence-electron chi connectivity index (χ0n) is 25.1. The molecule has 1 aliphatic rings. The Morgan fingerprint density at radius 2 is 1.28 bits per heavy atom. The number of hydrogen-bond acceptors (Lipinski definition) is 4. The van der Waals surface area contributed by atoms with Crippen LogP contribution in [0.15, 0.2) is 78.9 Å². The van der Waals surface area contributed by atoms with Crippen molar-refractivity contribution in [1.29, 1.82) is 0 Å². The molecule has 1 heterocycles. The van der Waals surface area contributed by atoms with Gasteiger partial charge < -0.3 is 18.9 Å². The van der Waals surface area contributed by atoms with Gasteiger partial charge in [-0.1, -0.05) is 56.5 Å². The van der Waals surface area contributed by atoms with E-state index in [1.165, 1.54) is 36.4 Å². The molecule has 47 heavy (non-hydrogen) atoms. The molecule has 0 aromatic heterocycles. The average molecular weight is 667 g/mol. The van der Waals surface area contributed by atoms with E-state index < -0.39 is 53.3 Å². The maximum atomic E-state index is 15.0. The molecule has 0 spiro atoms. The number of hydrogen-bond donors (Lipinski definition) is 0. The highest BCUT2D eigenvalue weighted by Gasteiger charge is 2.35. The minimum absolute atomic E-state index is 0.0228. The molecular formula is C35H30F8O4. The van der Waals surface area contributed by atoms with Crippen molar-refractivity contribution in [2.75, 3.05) is 13.2 Å². The molecule has 4 aromatic rings. The molecule has 0 atom stereocenters. The third-order valence-electron chi connectivity index (χ3n) is 7.64. The minimum Gasteiger partial charge on any atom is -0.429 e. The highest BCUT2D eigenvalue weighted by Crippen LogP contribution is 2.37. The summed E-state index contributed by atoms with van der Waals surface area (Å²) in [5, 5.41) is 0. The van der Waals surface area contributed by atoms with Crippen molar-refractivity contribution in [1.82, 2.24) is 0 Å². The molecular weight excluding hydrogens is 636 g/mol. The van der Waals surface area contributed by atoms with Gasteiger partial charge >= 0.3 is 12.5 Å². The van der Waals surface area contributed by atoms with Crippen LogP contribution in [0.25, 0.3) is 22.3 Å². The fourth-order valence-electron chi connectivity index (χ4n) is 5.21. The molecule has 0 N–H and O–H groups in total. The van der Waals surface area contributed by atoms with Gasteiger partial charge in [0.1, 0.15) is 17.4 Å². The summed E-state index contributed by atoms with van der Waals surface area (Å²) in [6.45, 7) is 3.17. The highest BCUT2D eigenvalue weighted by atomic mass is 19.4. The van der Waals surface area contributed by atoms with E-state index in [9.17, 15) is 22.0 Å². The summed E-state index contributed by atoms with van der Waals surface area (Å²) in [5.74, 6) is -4.56. The van der Waals surface area contributed by atoms with Gasteiger partial charge in [0.05, 0.1) is 18.8 Å². The molecule has 1 fully saturated rings. The van der Waals surface area contributed by atoms with Crippen molar-refractivity contribution in [3.05, 3.63) is 107 Å². The van der Waals surface area contributed by atoms with Crippen LogP contribution in [0.1, 0.15) is 50.0 Å². The Bertz CT molecular complexity index is 1670. The Balaban J connectivity index is 1.23. The summed E-state index contributed by atoms with van der Waals surface area (Å²) >= 11 is 0. The molecule has 4 nitrogen and oxygen atoms in total. The molecule has 5 rings (SSSR count). The molecule has 12 heteroatoms. The van der Waals surface area contributed by atoms with Gasteiger partial charge in [0, 0.05) is 28.7 Å². The number of halogens is 8. The lowest BCUT2D eigenvalue weighted by atomic mass is 9.99. The molecule has 0 amide bonds. The van der Waals surface area contributed by atoms with E-state index >= 15 is 13.2 Å². The number of unbranched alkanes of at least 4 members (excludes halogenated alkanes) is 2. The van der Waals surface area contributed by atoms with Gasteiger partial charge in [0.15, 0.2) is 17.9 Å². The van der Waals surface area contributed by atoms with Gasteiger partial charge in [-0.15, -0.1) is 13.2 Å². The second kappa shape index (κ2) is 14.3.